The molecular weight excluding hydrogens is 471 g/mol. The van der Waals surface area contributed by atoms with Crippen molar-refractivity contribution in [1.82, 2.24) is 15.1 Å². The van der Waals surface area contributed by atoms with Gasteiger partial charge in [0.05, 0.1) is 0 Å². The van der Waals surface area contributed by atoms with Crippen LogP contribution < -0.4 is 10.6 Å². The van der Waals surface area contributed by atoms with Crippen LogP contribution in [0.5, 0.6) is 0 Å². The molecular formula is C31H33BN4O2. The Morgan fingerprint density at radius 1 is 1.00 bits per heavy atom. The predicted octanol–water partition coefficient (Wildman–Crippen LogP) is 3.69. The van der Waals surface area contributed by atoms with Gasteiger partial charge in [-0.3, -0.25) is 0 Å². The number of piperazine rings is 1. The van der Waals surface area contributed by atoms with Crippen LogP contribution in [0.25, 0.3) is 11.6 Å². The second-order valence-electron chi connectivity index (χ2n) is 9.98. The molecule has 2 N–H and O–H groups in total. The fourth-order valence-corrected chi connectivity index (χ4v) is 5.00. The first-order valence-corrected chi connectivity index (χ1v) is 13.2. The van der Waals surface area contributed by atoms with E-state index in [0.717, 1.165) is 60.6 Å². The average molecular weight is 504 g/mol. The van der Waals surface area contributed by atoms with Crippen LogP contribution in [0.1, 0.15) is 52.0 Å². The van der Waals surface area contributed by atoms with Gasteiger partial charge >= 0.3 is 187 Å². The van der Waals surface area contributed by atoms with Gasteiger partial charge in [-0.2, -0.15) is 0 Å². The third-order valence-electron chi connectivity index (χ3n) is 7.37. The van der Waals surface area contributed by atoms with Crippen LogP contribution in [-0.2, 0) is 4.79 Å². The first-order chi connectivity index (χ1) is 18.4. The van der Waals surface area contributed by atoms with Crippen LogP contribution in [0.4, 0.5) is 5.69 Å². The zero-order valence-electron chi connectivity index (χ0n) is 22.0. The quantitative estimate of drug-likeness (QED) is 0.381. The van der Waals surface area contributed by atoms with Crippen molar-refractivity contribution in [1.29, 1.82) is 0 Å². The molecule has 2 heterocycles. The number of carbonyl (C=O) groups excluding carboxylic acids is 2. The van der Waals surface area contributed by atoms with Gasteiger partial charge < -0.3 is 4.90 Å². The number of carbonyl (C=O) groups is 2. The molecule has 0 saturated carbocycles. The molecule has 0 spiro atoms. The summed E-state index contributed by atoms with van der Waals surface area (Å²) in [6.45, 7) is 5.41. The molecule has 2 aliphatic heterocycles. The van der Waals surface area contributed by atoms with E-state index >= 15 is 0 Å². The van der Waals surface area contributed by atoms with Gasteiger partial charge in [0, 0.05) is 26.2 Å². The Morgan fingerprint density at radius 2 is 1.68 bits per heavy atom. The normalized spacial score (nSPS) is 17.1. The third kappa shape index (κ3) is 5.48. The fourth-order valence-electron chi connectivity index (χ4n) is 5.00. The second kappa shape index (κ2) is 11.2. The topological polar surface area (TPSA) is 64.7 Å². The van der Waals surface area contributed by atoms with Crippen molar-refractivity contribution < 1.29 is 9.59 Å². The molecule has 192 valence electrons. The molecule has 2 aliphatic rings. The van der Waals surface area contributed by atoms with E-state index in [0.29, 0.717) is 11.1 Å². The van der Waals surface area contributed by atoms with Gasteiger partial charge in [0.25, 0.3) is 0 Å². The average Bonchev–Trinajstić information content (AvgIpc) is 3.26. The van der Waals surface area contributed by atoms with Crippen molar-refractivity contribution in [3.05, 3.63) is 101 Å². The van der Waals surface area contributed by atoms with Crippen LogP contribution >= 0.6 is 0 Å². The molecule has 3 aromatic carbocycles. The summed E-state index contributed by atoms with van der Waals surface area (Å²) in [5.74, 6) is -0.0816. The van der Waals surface area contributed by atoms with Gasteiger partial charge in [0.15, 0.2) is 0 Å². The number of nitrogens with one attached hydrogen (secondary N) is 2. The number of likely N-dealkylation sites (N-methyl/N-ethyl adjacent to an activating group) is 1. The zero-order chi connectivity index (χ0) is 26.6. The Hall–Kier alpha value is -3.97. The number of rotatable bonds is 7. The number of hydrogen-bond acceptors (Lipinski definition) is 4. The summed E-state index contributed by atoms with van der Waals surface area (Å²) in [6.07, 6.45) is 2.80. The molecule has 5 rings (SSSR count). The van der Waals surface area contributed by atoms with Gasteiger partial charge in [0.1, 0.15) is 0 Å². The van der Waals surface area contributed by atoms with E-state index in [1.807, 2.05) is 71.6 Å². The van der Waals surface area contributed by atoms with Gasteiger partial charge in [-0.15, -0.1) is 0 Å². The molecule has 7 heteroatoms. The summed E-state index contributed by atoms with van der Waals surface area (Å²) >= 11 is 0. The number of amides is 2. The number of anilines is 1. The summed E-state index contributed by atoms with van der Waals surface area (Å²) in [5.41, 5.74) is 6.74. The van der Waals surface area contributed by atoms with Crippen LogP contribution in [0.3, 0.4) is 0 Å². The maximum absolute atomic E-state index is 12.9. The summed E-state index contributed by atoms with van der Waals surface area (Å²) in [7, 11) is 6.36. The summed E-state index contributed by atoms with van der Waals surface area (Å²) < 4.78 is 0. The van der Waals surface area contributed by atoms with Gasteiger partial charge in [0.2, 0.25) is 0 Å². The molecule has 0 aromatic heterocycles. The molecule has 1 atom stereocenters. The van der Waals surface area contributed by atoms with Gasteiger partial charge in [-0.1, -0.05) is 0 Å². The number of benzene rings is 3. The van der Waals surface area contributed by atoms with E-state index < -0.39 is 0 Å². The summed E-state index contributed by atoms with van der Waals surface area (Å²) in [5, 5.41) is 6.52. The molecule has 2 amide bonds. The van der Waals surface area contributed by atoms with E-state index in [9.17, 15) is 9.59 Å². The van der Waals surface area contributed by atoms with Crippen molar-refractivity contribution in [3.63, 3.8) is 0 Å². The number of nitrogens with zero attached hydrogens (tertiary/aromatic N) is 2. The maximum atomic E-state index is 12.9. The van der Waals surface area contributed by atoms with E-state index in [1.165, 1.54) is 5.56 Å². The molecule has 0 radical (unpaired) electrons. The Balaban J connectivity index is 1.34. The molecule has 0 bridgehead atoms. The second-order valence-corrected chi connectivity index (χ2v) is 9.98. The van der Waals surface area contributed by atoms with Crippen LogP contribution in [0, 0.1) is 0 Å². The molecule has 0 aliphatic carbocycles. The van der Waals surface area contributed by atoms with Crippen molar-refractivity contribution in [2.75, 3.05) is 38.5 Å². The number of fused-ring (bicyclic) bond motifs is 1. The Labute approximate surface area is 225 Å². The molecule has 0 unspecified atom stereocenters. The molecule has 1 fully saturated rings. The molecule has 1 saturated heterocycles. The zero-order valence-corrected chi connectivity index (χ0v) is 22.0. The Kier molecular flexibility index (Phi) is 7.56. The Morgan fingerprint density at radius 3 is 2.37 bits per heavy atom. The van der Waals surface area contributed by atoms with E-state index in [2.05, 4.69) is 49.1 Å². The standard InChI is InChI=1S/C31H33BN4O2/c1-3-27(22-7-5-4-6-8-22)33-29(32)24-13-14-28-25(20-24)26(30(37)34-28)19-21-9-11-23(12-10-21)31(38)36-17-15-35(2)16-18-36/h4-14,19-20,27,32-33H,3,15-18H2,1-2H3,(H,34,37)/b26-19-/t27-/m0/s1. The first-order valence-electron chi connectivity index (χ1n) is 13.2. The predicted molar refractivity (Wildman–Crippen MR) is 157 cm³/mol. The van der Waals surface area contributed by atoms with E-state index in [-0.39, 0.29) is 17.9 Å². The minimum atomic E-state index is -0.135. The van der Waals surface area contributed by atoms with Crippen molar-refractivity contribution in [2.45, 2.75) is 19.4 Å². The van der Waals surface area contributed by atoms with E-state index in [1.54, 1.807) is 0 Å². The number of hydrogen-bond donors (Lipinski definition) is 2. The molecule has 38 heavy (non-hydrogen) atoms. The first kappa shape index (κ1) is 25.7. The van der Waals surface area contributed by atoms with Crippen molar-refractivity contribution >= 4 is 42.2 Å². The summed E-state index contributed by atoms with van der Waals surface area (Å²) in [6, 6.07) is 23.9. The van der Waals surface area contributed by atoms with E-state index in [4.69, 9.17) is 0 Å². The molecule has 3 aromatic rings. The minimum absolute atomic E-state index is 0.0535. The monoisotopic (exact) mass is 504 g/mol. The SMILES string of the molecule is B=C(N[C@@H](CC)c1ccccc1)c1ccc2c(c1)/C(=C/c1ccc(C(=O)N3CCN(C)CC3)cc1)C(=O)N2. The summed E-state index contributed by atoms with van der Waals surface area (Å²) in [4.78, 5) is 29.9. The third-order valence-corrected chi connectivity index (χ3v) is 7.37. The van der Waals surface area contributed by atoms with Crippen LogP contribution in [-0.4, -0.2) is 67.9 Å². The van der Waals surface area contributed by atoms with Crippen LogP contribution in [0.15, 0.2) is 72.8 Å². The molecule has 6 nitrogen and oxygen atoms in total. The van der Waals surface area contributed by atoms with Crippen molar-refractivity contribution in [3.8, 4) is 0 Å². The van der Waals surface area contributed by atoms with Crippen molar-refractivity contribution in [2.24, 2.45) is 0 Å². The van der Waals surface area contributed by atoms with Gasteiger partial charge in [-0.25, -0.2) is 0 Å². The fraction of sp³-hybridized carbons (Fsp3) is 0.258. The van der Waals surface area contributed by atoms with Crippen LogP contribution in [0.2, 0.25) is 0 Å². The van der Waals surface area contributed by atoms with Gasteiger partial charge in [-0.05, 0) is 7.05 Å². The Bertz CT molecular complexity index is 1380.